The molecule has 0 spiro atoms. The highest BCUT2D eigenvalue weighted by molar-refractivity contribution is 5.78. The SMILES string of the molecule is CCN1CCN(CC(=O)NC(C)CC(O)c2ccccc2)CC1. The average molecular weight is 319 g/mol. The van der Waals surface area contributed by atoms with E-state index in [1.54, 1.807) is 0 Å². The van der Waals surface area contributed by atoms with Crippen LogP contribution in [0, 0.1) is 0 Å². The minimum absolute atomic E-state index is 0.0442. The first-order valence-corrected chi connectivity index (χ1v) is 8.55. The summed E-state index contributed by atoms with van der Waals surface area (Å²) < 4.78 is 0. The minimum atomic E-state index is -0.542. The van der Waals surface area contributed by atoms with E-state index in [0.29, 0.717) is 13.0 Å². The Labute approximate surface area is 139 Å². The van der Waals surface area contributed by atoms with Gasteiger partial charge >= 0.3 is 0 Å². The van der Waals surface area contributed by atoms with Crippen LogP contribution in [0.2, 0.25) is 0 Å². The van der Waals surface area contributed by atoms with Crippen LogP contribution in [0.3, 0.4) is 0 Å². The van der Waals surface area contributed by atoms with Gasteiger partial charge in [0.2, 0.25) is 5.91 Å². The van der Waals surface area contributed by atoms with Crippen molar-refractivity contribution in [3.05, 3.63) is 35.9 Å². The molecule has 2 unspecified atom stereocenters. The number of carbonyl (C=O) groups excluding carboxylic acids is 1. The average Bonchev–Trinajstić information content (AvgIpc) is 2.56. The molecule has 1 heterocycles. The van der Waals surface area contributed by atoms with Gasteiger partial charge in [-0.3, -0.25) is 9.69 Å². The number of piperazine rings is 1. The van der Waals surface area contributed by atoms with Gasteiger partial charge in [0.05, 0.1) is 12.6 Å². The van der Waals surface area contributed by atoms with Crippen LogP contribution in [-0.4, -0.2) is 66.1 Å². The maximum absolute atomic E-state index is 12.1. The molecule has 1 aromatic carbocycles. The largest absolute Gasteiger partial charge is 0.388 e. The summed E-state index contributed by atoms with van der Waals surface area (Å²) in [5.41, 5.74) is 0.893. The molecular weight excluding hydrogens is 290 g/mol. The van der Waals surface area contributed by atoms with Crippen molar-refractivity contribution in [2.45, 2.75) is 32.4 Å². The summed E-state index contributed by atoms with van der Waals surface area (Å²) in [5, 5.41) is 13.2. The third kappa shape index (κ3) is 5.94. The molecular formula is C18H29N3O2. The van der Waals surface area contributed by atoms with E-state index in [9.17, 15) is 9.90 Å². The number of nitrogens with one attached hydrogen (secondary N) is 1. The second-order valence-corrected chi connectivity index (χ2v) is 6.34. The second-order valence-electron chi connectivity index (χ2n) is 6.34. The summed E-state index contributed by atoms with van der Waals surface area (Å²) in [4.78, 5) is 16.7. The zero-order chi connectivity index (χ0) is 16.7. The smallest absolute Gasteiger partial charge is 0.234 e. The summed E-state index contributed by atoms with van der Waals surface area (Å²) in [6.45, 7) is 9.60. The first-order chi connectivity index (χ1) is 11.1. The van der Waals surface area contributed by atoms with Gasteiger partial charge in [0.1, 0.15) is 0 Å². The van der Waals surface area contributed by atoms with E-state index in [1.807, 2.05) is 37.3 Å². The fraction of sp³-hybridized carbons (Fsp3) is 0.611. The summed E-state index contributed by atoms with van der Waals surface area (Å²) in [6.07, 6.45) is -0.0149. The van der Waals surface area contributed by atoms with Gasteiger partial charge < -0.3 is 15.3 Å². The molecule has 0 radical (unpaired) electrons. The zero-order valence-electron chi connectivity index (χ0n) is 14.2. The number of amides is 1. The molecule has 1 saturated heterocycles. The van der Waals surface area contributed by atoms with Crippen LogP contribution in [0.5, 0.6) is 0 Å². The van der Waals surface area contributed by atoms with Crippen molar-refractivity contribution >= 4 is 5.91 Å². The van der Waals surface area contributed by atoms with Crippen LogP contribution >= 0.6 is 0 Å². The van der Waals surface area contributed by atoms with E-state index in [2.05, 4.69) is 22.0 Å². The molecule has 2 atom stereocenters. The maximum atomic E-state index is 12.1. The lowest BCUT2D eigenvalue weighted by atomic mass is 10.0. The van der Waals surface area contributed by atoms with Gasteiger partial charge in [-0.15, -0.1) is 0 Å². The number of aliphatic hydroxyl groups excluding tert-OH is 1. The van der Waals surface area contributed by atoms with E-state index >= 15 is 0 Å². The van der Waals surface area contributed by atoms with Crippen LogP contribution in [0.4, 0.5) is 0 Å². The quantitative estimate of drug-likeness (QED) is 0.794. The summed E-state index contributed by atoms with van der Waals surface area (Å²) in [6, 6.07) is 9.53. The molecule has 0 aliphatic carbocycles. The Morgan fingerprint density at radius 1 is 1.17 bits per heavy atom. The Morgan fingerprint density at radius 2 is 1.78 bits per heavy atom. The topological polar surface area (TPSA) is 55.8 Å². The van der Waals surface area contributed by atoms with Crippen LogP contribution in [0.1, 0.15) is 31.9 Å². The molecule has 1 aliphatic rings. The van der Waals surface area contributed by atoms with Gasteiger partial charge in [0, 0.05) is 32.2 Å². The zero-order valence-corrected chi connectivity index (χ0v) is 14.2. The van der Waals surface area contributed by atoms with Crippen molar-refractivity contribution in [3.63, 3.8) is 0 Å². The molecule has 128 valence electrons. The van der Waals surface area contributed by atoms with Gasteiger partial charge in [-0.2, -0.15) is 0 Å². The molecule has 1 aliphatic heterocycles. The van der Waals surface area contributed by atoms with Crippen LogP contribution < -0.4 is 5.32 Å². The van der Waals surface area contributed by atoms with E-state index in [4.69, 9.17) is 0 Å². The number of hydrogen-bond acceptors (Lipinski definition) is 4. The first kappa shape index (κ1) is 17.9. The lowest BCUT2D eigenvalue weighted by molar-refractivity contribution is -0.123. The van der Waals surface area contributed by atoms with E-state index in [1.165, 1.54) is 0 Å². The summed E-state index contributed by atoms with van der Waals surface area (Å²) in [5.74, 6) is 0.0442. The van der Waals surface area contributed by atoms with Crippen molar-refractivity contribution in [3.8, 4) is 0 Å². The van der Waals surface area contributed by atoms with Gasteiger partial charge in [-0.05, 0) is 25.5 Å². The van der Waals surface area contributed by atoms with Gasteiger partial charge in [-0.1, -0.05) is 37.3 Å². The fourth-order valence-electron chi connectivity index (χ4n) is 2.99. The van der Waals surface area contributed by atoms with Crippen LogP contribution in [-0.2, 0) is 4.79 Å². The minimum Gasteiger partial charge on any atom is -0.388 e. The molecule has 5 nitrogen and oxygen atoms in total. The van der Waals surface area contributed by atoms with E-state index in [0.717, 1.165) is 38.3 Å². The number of nitrogens with zero attached hydrogens (tertiary/aromatic N) is 2. The molecule has 23 heavy (non-hydrogen) atoms. The molecule has 2 N–H and O–H groups in total. The van der Waals surface area contributed by atoms with Crippen LogP contribution in [0.15, 0.2) is 30.3 Å². The van der Waals surface area contributed by atoms with Gasteiger partial charge in [0.25, 0.3) is 0 Å². The number of aliphatic hydroxyl groups is 1. The fourth-order valence-corrected chi connectivity index (χ4v) is 2.99. The number of carbonyl (C=O) groups is 1. The molecule has 0 saturated carbocycles. The Balaban J connectivity index is 1.70. The van der Waals surface area contributed by atoms with Crippen molar-refractivity contribution < 1.29 is 9.90 Å². The van der Waals surface area contributed by atoms with Crippen molar-refractivity contribution in [2.24, 2.45) is 0 Å². The molecule has 1 fully saturated rings. The highest BCUT2D eigenvalue weighted by Crippen LogP contribution is 2.17. The predicted molar refractivity (Wildman–Crippen MR) is 92.2 cm³/mol. The highest BCUT2D eigenvalue weighted by Gasteiger charge is 2.19. The molecule has 0 bridgehead atoms. The predicted octanol–water partition coefficient (Wildman–Crippen LogP) is 1.25. The normalized spacial score (nSPS) is 19.3. The third-order valence-corrected chi connectivity index (χ3v) is 4.45. The van der Waals surface area contributed by atoms with Gasteiger partial charge in [-0.25, -0.2) is 0 Å². The second kappa shape index (κ2) is 9.01. The number of likely N-dealkylation sites (N-methyl/N-ethyl adjacent to an activating group) is 1. The maximum Gasteiger partial charge on any atom is 0.234 e. The van der Waals surface area contributed by atoms with Gasteiger partial charge in [0.15, 0.2) is 0 Å². The Bertz CT molecular complexity index is 472. The van der Waals surface area contributed by atoms with Crippen LogP contribution in [0.25, 0.3) is 0 Å². The standard InChI is InChI=1S/C18H29N3O2/c1-3-20-9-11-21(12-10-20)14-18(23)19-15(2)13-17(22)16-7-5-4-6-8-16/h4-8,15,17,22H,3,9-14H2,1-2H3,(H,19,23). The first-order valence-electron chi connectivity index (χ1n) is 8.55. The van der Waals surface area contributed by atoms with Crippen molar-refractivity contribution in [2.75, 3.05) is 39.3 Å². The van der Waals surface area contributed by atoms with Crippen molar-refractivity contribution in [1.82, 2.24) is 15.1 Å². The monoisotopic (exact) mass is 319 g/mol. The molecule has 5 heteroatoms. The molecule has 1 amide bonds. The summed E-state index contributed by atoms with van der Waals surface area (Å²) >= 11 is 0. The van der Waals surface area contributed by atoms with Crippen molar-refractivity contribution in [1.29, 1.82) is 0 Å². The van der Waals surface area contributed by atoms with E-state index < -0.39 is 6.10 Å². The Morgan fingerprint density at radius 3 is 2.39 bits per heavy atom. The number of benzene rings is 1. The number of rotatable bonds is 7. The Hall–Kier alpha value is -1.43. The third-order valence-electron chi connectivity index (χ3n) is 4.45. The highest BCUT2D eigenvalue weighted by atomic mass is 16.3. The lowest BCUT2D eigenvalue weighted by Gasteiger charge is -2.33. The molecule has 0 aromatic heterocycles. The Kier molecular flexibility index (Phi) is 7.02. The summed E-state index contributed by atoms with van der Waals surface area (Å²) in [7, 11) is 0. The lowest BCUT2D eigenvalue weighted by Crippen LogP contribution is -2.50. The molecule has 1 aromatic rings. The number of hydrogen-bond donors (Lipinski definition) is 2. The van der Waals surface area contributed by atoms with E-state index in [-0.39, 0.29) is 11.9 Å². The molecule has 2 rings (SSSR count).